The Hall–Kier alpha value is -0.948. The van der Waals surface area contributed by atoms with Gasteiger partial charge in [-0.15, -0.1) is 0 Å². The van der Waals surface area contributed by atoms with E-state index in [-0.39, 0.29) is 52.6 Å². The van der Waals surface area contributed by atoms with E-state index in [0.717, 1.165) is 6.07 Å². The van der Waals surface area contributed by atoms with Gasteiger partial charge in [-0.3, -0.25) is 23.5 Å². The summed E-state index contributed by atoms with van der Waals surface area (Å²) >= 11 is 0. The summed E-state index contributed by atoms with van der Waals surface area (Å²) < 4.78 is 30.5. The Morgan fingerprint density at radius 2 is 1.63 bits per heavy atom. The number of nitrogens with two attached hydrogens (primary N) is 1. The number of ketones is 1. The second-order valence-corrected chi connectivity index (χ2v) is 4.18. The predicted molar refractivity (Wildman–Crippen MR) is 75.3 cm³/mol. The van der Waals surface area contributed by atoms with Crippen LogP contribution in [0.2, 0.25) is 0 Å². The van der Waals surface area contributed by atoms with Crippen LogP contribution in [0.4, 0.5) is 19.8 Å². The van der Waals surface area contributed by atoms with Crippen molar-refractivity contribution in [3.05, 3.63) is 23.8 Å². The quantitative estimate of drug-likeness (QED) is 0.327. The Bertz CT molecular complexity index is 501. The summed E-state index contributed by atoms with van der Waals surface area (Å²) in [4.78, 5) is 10.6. The van der Waals surface area contributed by atoms with Crippen LogP contribution >= 0.6 is 0 Å². The third kappa shape index (κ3) is 7.94. The third-order valence-corrected chi connectivity index (χ3v) is 2.57. The van der Waals surface area contributed by atoms with Gasteiger partial charge in [0.25, 0.3) is 10.1 Å². The number of rotatable bonds is 2. The second-order valence-electron chi connectivity index (χ2n) is 2.79. The number of carbonyl (C=O) groups excluding carboxylic acids is 1. The molecule has 0 saturated carbocycles. The summed E-state index contributed by atoms with van der Waals surface area (Å²) in [5.74, 6) is -0.468. The van der Waals surface area contributed by atoms with E-state index in [1.807, 2.05) is 0 Å². The summed E-state index contributed by atoms with van der Waals surface area (Å²) in [6.07, 6.45) is 0. The zero-order valence-electron chi connectivity index (χ0n) is 8.61. The summed E-state index contributed by atoms with van der Waals surface area (Å²) in [5, 5.41) is 0. The van der Waals surface area contributed by atoms with Crippen molar-refractivity contribution in [2.45, 2.75) is 11.8 Å². The molecule has 3 N–H and O–H groups in total. The first-order chi connectivity index (χ1) is 6.32. The SMILES string of the molecule is B.CC(=O)c1cc(N)ccc1S(=O)(=O)O.F.F.F.[LiH]. The first kappa shape index (κ1) is 30.8. The molecule has 0 aliphatic heterocycles. The second kappa shape index (κ2) is 10.9. The van der Waals surface area contributed by atoms with Crippen molar-refractivity contribution in [2.75, 3.05) is 5.73 Å². The molecular weight excluding hydrogens is 281 g/mol. The van der Waals surface area contributed by atoms with Gasteiger partial charge in [0.15, 0.2) is 5.78 Å². The van der Waals surface area contributed by atoms with Crippen LogP contribution in [0, 0.1) is 0 Å². The van der Waals surface area contributed by atoms with E-state index in [0.29, 0.717) is 0 Å². The van der Waals surface area contributed by atoms with Gasteiger partial charge < -0.3 is 5.73 Å². The summed E-state index contributed by atoms with van der Waals surface area (Å²) in [5.41, 5.74) is 5.54. The Morgan fingerprint density at radius 1 is 1.21 bits per heavy atom. The molecule has 5 nitrogen and oxygen atoms in total. The molecule has 0 spiro atoms. The van der Waals surface area contributed by atoms with Crippen molar-refractivity contribution in [2.24, 2.45) is 0 Å². The maximum absolute atomic E-state index is 11.0. The van der Waals surface area contributed by atoms with Crippen molar-refractivity contribution in [1.82, 2.24) is 0 Å². The normalized spacial score (nSPS) is 8.32. The molecule has 1 rings (SSSR count). The number of anilines is 1. The van der Waals surface area contributed by atoms with Crippen molar-refractivity contribution in [3.8, 4) is 0 Å². The van der Waals surface area contributed by atoms with Crippen LogP contribution < -0.4 is 5.73 Å². The molecule has 0 atom stereocenters. The zero-order chi connectivity index (χ0) is 10.9. The van der Waals surface area contributed by atoms with Crippen LogP contribution in [0.1, 0.15) is 17.3 Å². The zero-order valence-corrected chi connectivity index (χ0v) is 9.43. The van der Waals surface area contributed by atoms with E-state index in [1.54, 1.807) is 0 Å². The molecule has 0 bridgehead atoms. The average molecular weight is 297 g/mol. The minimum atomic E-state index is -4.37. The molecule has 1 aromatic carbocycles. The van der Waals surface area contributed by atoms with Gasteiger partial charge in [-0.1, -0.05) is 0 Å². The van der Waals surface area contributed by atoms with Gasteiger partial charge >= 0.3 is 18.9 Å². The molecule has 0 amide bonds. The average Bonchev–Trinajstić information content (AvgIpc) is 2.01. The Labute approximate surface area is 122 Å². The Morgan fingerprint density at radius 3 is 1.95 bits per heavy atom. The summed E-state index contributed by atoms with van der Waals surface area (Å²) in [6.45, 7) is 1.20. The standard InChI is InChI=1S/C8H9NO4S.BH3.3FH.Li.H/c1-5(10)7-4-6(9)2-3-8(7)14(11,12)13;;;;;;/h2-4H,9H2,1H3,(H,11,12,13);1H3;3*1H;;. The number of nitrogen functional groups attached to an aromatic ring is 1. The fraction of sp³-hybridized carbons (Fsp3) is 0.125. The third-order valence-electron chi connectivity index (χ3n) is 1.66. The van der Waals surface area contributed by atoms with Crippen molar-refractivity contribution >= 4 is 48.9 Å². The van der Waals surface area contributed by atoms with E-state index in [1.165, 1.54) is 19.1 Å². The van der Waals surface area contributed by atoms with Crippen molar-refractivity contribution in [3.63, 3.8) is 0 Å². The van der Waals surface area contributed by atoms with Gasteiger partial charge in [-0.05, 0) is 25.1 Å². The van der Waals surface area contributed by atoms with Crippen LogP contribution in [0.3, 0.4) is 0 Å². The monoisotopic (exact) mass is 297 g/mol. The molecule has 0 fully saturated rings. The molecule has 0 radical (unpaired) electrons. The van der Waals surface area contributed by atoms with Gasteiger partial charge in [0.1, 0.15) is 4.90 Å². The van der Waals surface area contributed by atoms with Gasteiger partial charge in [-0.2, -0.15) is 8.42 Å². The van der Waals surface area contributed by atoms with Gasteiger partial charge in [0, 0.05) is 11.3 Å². The number of benzene rings is 1. The number of hydrogen-bond donors (Lipinski definition) is 2. The fourth-order valence-corrected chi connectivity index (χ4v) is 1.77. The molecule has 0 aliphatic carbocycles. The minimum absolute atomic E-state index is 0. The van der Waals surface area contributed by atoms with Crippen LogP contribution in [0.15, 0.2) is 23.1 Å². The van der Waals surface area contributed by atoms with E-state index >= 15 is 0 Å². The van der Waals surface area contributed by atoms with E-state index < -0.39 is 20.8 Å². The van der Waals surface area contributed by atoms with Gasteiger partial charge in [0.05, 0.1) is 8.41 Å². The van der Waals surface area contributed by atoms with Crippen LogP contribution in [0.5, 0.6) is 0 Å². The topological polar surface area (TPSA) is 97.5 Å². The number of Topliss-reactive ketones (excluding diaryl/α,β-unsaturated/α-hetero) is 1. The molecule has 108 valence electrons. The number of halogens is 3. The first-order valence-electron chi connectivity index (χ1n) is 3.70. The van der Waals surface area contributed by atoms with Gasteiger partial charge in [-0.25, -0.2) is 0 Å². The molecule has 0 saturated heterocycles. The van der Waals surface area contributed by atoms with Crippen molar-refractivity contribution in [1.29, 1.82) is 0 Å². The van der Waals surface area contributed by atoms with Crippen LogP contribution in [-0.4, -0.2) is 46.0 Å². The summed E-state index contributed by atoms with van der Waals surface area (Å²) in [7, 11) is -4.37. The van der Waals surface area contributed by atoms with Crippen LogP contribution in [-0.2, 0) is 10.1 Å². The molecule has 19 heavy (non-hydrogen) atoms. The first-order valence-corrected chi connectivity index (χ1v) is 5.14. The Balaban J connectivity index is -0.000000131. The number of hydrogen-bond acceptors (Lipinski definition) is 4. The molecule has 0 heterocycles. The van der Waals surface area contributed by atoms with E-state index in [2.05, 4.69) is 0 Å². The molecular formula is C8H16BF3LiNO4S. The Kier molecular flexibility index (Phi) is 17.7. The summed E-state index contributed by atoms with van der Waals surface area (Å²) in [6, 6.07) is 3.61. The molecule has 0 unspecified atom stereocenters. The molecule has 0 aliphatic rings. The molecule has 11 heteroatoms. The van der Waals surface area contributed by atoms with Crippen LogP contribution in [0.25, 0.3) is 0 Å². The maximum atomic E-state index is 11.0. The predicted octanol–water partition coefficient (Wildman–Crippen LogP) is -0.657. The number of carbonyl (C=O) groups is 1. The van der Waals surface area contributed by atoms with E-state index in [9.17, 15) is 13.2 Å². The fourth-order valence-electron chi connectivity index (χ4n) is 1.05. The van der Waals surface area contributed by atoms with Crippen molar-refractivity contribution < 1.29 is 31.9 Å². The molecule has 1 aromatic rings. The van der Waals surface area contributed by atoms with E-state index in [4.69, 9.17) is 10.3 Å². The van der Waals surface area contributed by atoms with Gasteiger partial charge in [0.2, 0.25) is 0 Å². The molecule has 0 aromatic heterocycles.